The number of nitrogens with zero attached hydrogens (tertiary/aromatic N) is 1. The van der Waals surface area contributed by atoms with E-state index in [0.717, 1.165) is 38.6 Å². The molecule has 0 aromatic heterocycles. The highest BCUT2D eigenvalue weighted by atomic mass is 35.7. The zero-order chi connectivity index (χ0) is 15.5. The highest BCUT2D eigenvalue weighted by molar-refractivity contribution is 8.13. The Morgan fingerprint density at radius 1 is 1.38 bits per heavy atom. The molecule has 6 heteroatoms. The van der Waals surface area contributed by atoms with Crippen molar-refractivity contribution in [3.63, 3.8) is 0 Å². The number of likely N-dealkylation sites (tertiary alicyclic amines) is 1. The van der Waals surface area contributed by atoms with E-state index in [1.165, 1.54) is 12.1 Å². The number of halogens is 1. The van der Waals surface area contributed by atoms with Crippen LogP contribution in [0.3, 0.4) is 0 Å². The fourth-order valence-electron chi connectivity index (χ4n) is 2.85. The van der Waals surface area contributed by atoms with Gasteiger partial charge in [-0.05, 0) is 43.9 Å². The predicted molar refractivity (Wildman–Crippen MR) is 83.1 cm³/mol. The van der Waals surface area contributed by atoms with Gasteiger partial charge < -0.3 is 4.90 Å². The second-order valence-electron chi connectivity index (χ2n) is 5.40. The largest absolute Gasteiger partial charge is 0.336 e. The van der Waals surface area contributed by atoms with Gasteiger partial charge in [-0.25, -0.2) is 8.42 Å². The van der Waals surface area contributed by atoms with Crippen LogP contribution in [0.4, 0.5) is 0 Å². The summed E-state index contributed by atoms with van der Waals surface area (Å²) in [6.07, 6.45) is 5.18. The van der Waals surface area contributed by atoms with Gasteiger partial charge in [0.05, 0.1) is 4.90 Å². The quantitative estimate of drug-likeness (QED) is 0.795. The molecule has 1 atom stereocenters. The molecule has 21 heavy (non-hydrogen) atoms. The smallest absolute Gasteiger partial charge is 0.261 e. The first-order valence-electron chi connectivity index (χ1n) is 7.29. The lowest BCUT2D eigenvalue weighted by molar-refractivity contribution is 0.0600. The van der Waals surface area contributed by atoms with Gasteiger partial charge in [-0.1, -0.05) is 19.4 Å². The zero-order valence-corrected chi connectivity index (χ0v) is 13.7. The van der Waals surface area contributed by atoms with Crippen molar-refractivity contribution in [2.24, 2.45) is 0 Å². The van der Waals surface area contributed by atoms with Gasteiger partial charge in [-0.15, -0.1) is 0 Å². The molecule has 0 radical (unpaired) electrons. The number of carbonyl (C=O) groups is 1. The zero-order valence-electron chi connectivity index (χ0n) is 12.1. The Balaban J connectivity index is 2.26. The molecule has 116 valence electrons. The van der Waals surface area contributed by atoms with E-state index in [0.29, 0.717) is 5.56 Å². The molecule has 0 aliphatic carbocycles. The summed E-state index contributed by atoms with van der Waals surface area (Å²) in [5.41, 5.74) is 0.389. The third-order valence-corrected chi connectivity index (χ3v) is 5.22. The SMILES string of the molecule is CCCC1CCCCN1C(=O)c1cccc(S(=O)(=O)Cl)c1. The van der Waals surface area contributed by atoms with Crippen molar-refractivity contribution in [3.05, 3.63) is 29.8 Å². The van der Waals surface area contributed by atoms with E-state index >= 15 is 0 Å². The van der Waals surface area contributed by atoms with Gasteiger partial charge in [0.15, 0.2) is 0 Å². The maximum atomic E-state index is 12.7. The van der Waals surface area contributed by atoms with Gasteiger partial charge in [-0.2, -0.15) is 0 Å². The number of carbonyl (C=O) groups excluding carboxylic acids is 1. The van der Waals surface area contributed by atoms with Crippen molar-refractivity contribution in [1.29, 1.82) is 0 Å². The summed E-state index contributed by atoms with van der Waals surface area (Å²) >= 11 is 0. The molecular weight excluding hydrogens is 310 g/mol. The molecule has 0 bridgehead atoms. The van der Waals surface area contributed by atoms with E-state index in [2.05, 4.69) is 6.92 Å². The molecule has 1 aromatic carbocycles. The fourth-order valence-corrected chi connectivity index (χ4v) is 3.64. The van der Waals surface area contributed by atoms with E-state index in [4.69, 9.17) is 10.7 Å². The van der Waals surface area contributed by atoms with E-state index in [-0.39, 0.29) is 16.8 Å². The van der Waals surface area contributed by atoms with E-state index in [1.54, 1.807) is 12.1 Å². The highest BCUT2D eigenvalue weighted by Crippen LogP contribution is 2.24. The average Bonchev–Trinajstić information content (AvgIpc) is 2.47. The van der Waals surface area contributed by atoms with Crippen LogP contribution in [0, 0.1) is 0 Å². The lowest BCUT2D eigenvalue weighted by Gasteiger charge is -2.36. The predicted octanol–water partition coefficient (Wildman–Crippen LogP) is 3.41. The van der Waals surface area contributed by atoms with Gasteiger partial charge >= 0.3 is 0 Å². The number of hydrogen-bond acceptors (Lipinski definition) is 3. The fraction of sp³-hybridized carbons (Fsp3) is 0.533. The van der Waals surface area contributed by atoms with Crippen LogP contribution in [0.2, 0.25) is 0 Å². The standard InChI is InChI=1S/C15H20ClNO3S/c1-2-6-13-8-3-4-10-17(13)15(18)12-7-5-9-14(11-12)21(16,19)20/h5,7,9,11,13H,2-4,6,8,10H2,1H3. The molecule has 1 heterocycles. The Kier molecular flexibility index (Phi) is 5.27. The number of hydrogen-bond donors (Lipinski definition) is 0. The number of benzene rings is 1. The van der Waals surface area contributed by atoms with Crippen LogP contribution < -0.4 is 0 Å². The Labute approximate surface area is 130 Å². The van der Waals surface area contributed by atoms with E-state index in [1.807, 2.05) is 4.90 Å². The summed E-state index contributed by atoms with van der Waals surface area (Å²) in [6.45, 7) is 2.85. The number of piperidine rings is 1. The summed E-state index contributed by atoms with van der Waals surface area (Å²) < 4.78 is 22.8. The van der Waals surface area contributed by atoms with Gasteiger partial charge in [-0.3, -0.25) is 4.79 Å². The molecule has 1 aromatic rings. The van der Waals surface area contributed by atoms with Gasteiger partial charge in [0.1, 0.15) is 0 Å². The van der Waals surface area contributed by atoms with Crippen molar-refractivity contribution in [3.8, 4) is 0 Å². The Bertz CT molecular complexity index is 613. The molecule has 1 fully saturated rings. The summed E-state index contributed by atoms with van der Waals surface area (Å²) in [5.74, 6) is -0.102. The monoisotopic (exact) mass is 329 g/mol. The van der Waals surface area contributed by atoms with Gasteiger partial charge in [0.2, 0.25) is 0 Å². The Morgan fingerprint density at radius 3 is 2.81 bits per heavy atom. The first kappa shape index (κ1) is 16.3. The lowest BCUT2D eigenvalue weighted by atomic mass is 9.97. The second kappa shape index (κ2) is 6.79. The maximum Gasteiger partial charge on any atom is 0.261 e. The van der Waals surface area contributed by atoms with Crippen LogP contribution in [-0.4, -0.2) is 31.8 Å². The van der Waals surface area contributed by atoms with Crippen molar-refractivity contribution >= 4 is 25.6 Å². The number of amides is 1. The molecule has 0 N–H and O–H groups in total. The minimum atomic E-state index is -3.81. The Morgan fingerprint density at radius 2 is 2.14 bits per heavy atom. The minimum absolute atomic E-state index is 0.0286. The molecule has 1 saturated heterocycles. The second-order valence-corrected chi connectivity index (χ2v) is 7.97. The van der Waals surface area contributed by atoms with Crippen LogP contribution in [0.15, 0.2) is 29.2 Å². The molecule has 2 rings (SSSR count). The van der Waals surface area contributed by atoms with Crippen LogP contribution in [0.25, 0.3) is 0 Å². The third-order valence-electron chi connectivity index (χ3n) is 3.87. The molecule has 4 nitrogen and oxygen atoms in total. The van der Waals surface area contributed by atoms with Crippen molar-refractivity contribution in [2.75, 3.05) is 6.54 Å². The molecule has 0 saturated carbocycles. The Hall–Kier alpha value is -1.07. The van der Waals surface area contributed by atoms with Gasteiger partial charge in [0, 0.05) is 28.8 Å². The molecule has 1 aliphatic heterocycles. The van der Waals surface area contributed by atoms with Crippen LogP contribution in [-0.2, 0) is 9.05 Å². The summed E-state index contributed by atoms with van der Waals surface area (Å²) in [5, 5.41) is 0. The first-order valence-corrected chi connectivity index (χ1v) is 9.60. The van der Waals surface area contributed by atoms with E-state index in [9.17, 15) is 13.2 Å². The highest BCUT2D eigenvalue weighted by Gasteiger charge is 2.27. The van der Waals surface area contributed by atoms with Crippen LogP contribution >= 0.6 is 10.7 Å². The molecule has 0 spiro atoms. The van der Waals surface area contributed by atoms with Crippen molar-refractivity contribution < 1.29 is 13.2 Å². The lowest BCUT2D eigenvalue weighted by Crippen LogP contribution is -2.43. The normalized spacial score (nSPS) is 19.5. The summed E-state index contributed by atoms with van der Waals surface area (Å²) in [6, 6.07) is 6.22. The summed E-state index contributed by atoms with van der Waals surface area (Å²) in [7, 11) is 1.53. The minimum Gasteiger partial charge on any atom is -0.336 e. The molecule has 1 aliphatic rings. The molecule has 1 amide bonds. The van der Waals surface area contributed by atoms with Crippen molar-refractivity contribution in [1.82, 2.24) is 4.90 Å². The first-order chi connectivity index (χ1) is 9.93. The molecule has 1 unspecified atom stereocenters. The average molecular weight is 330 g/mol. The third kappa shape index (κ3) is 3.98. The maximum absolute atomic E-state index is 12.7. The van der Waals surface area contributed by atoms with Crippen molar-refractivity contribution in [2.45, 2.75) is 50.0 Å². The topological polar surface area (TPSA) is 54.5 Å². The van der Waals surface area contributed by atoms with E-state index < -0.39 is 9.05 Å². The molecular formula is C15H20ClNO3S. The number of rotatable bonds is 4. The van der Waals surface area contributed by atoms with Crippen LogP contribution in [0.1, 0.15) is 49.4 Å². The van der Waals surface area contributed by atoms with Crippen LogP contribution in [0.5, 0.6) is 0 Å². The summed E-state index contributed by atoms with van der Waals surface area (Å²) in [4.78, 5) is 14.5. The van der Waals surface area contributed by atoms with Gasteiger partial charge in [0.25, 0.3) is 15.0 Å².